The number of aromatic amines is 1. The summed E-state index contributed by atoms with van der Waals surface area (Å²) in [4.78, 5) is 20.2. The van der Waals surface area contributed by atoms with Crippen LogP contribution in [-0.2, 0) is 0 Å². The maximum absolute atomic E-state index is 11.4. The molecule has 0 atom stereocenters. The fraction of sp³-hybridized carbons (Fsp3) is 0.667. The molecule has 94 valence electrons. The number of hydrogen-bond donors (Lipinski definition) is 2. The quantitative estimate of drug-likeness (QED) is 0.809. The van der Waals surface area contributed by atoms with Crippen molar-refractivity contribution in [3.05, 3.63) is 16.7 Å². The smallest absolute Gasteiger partial charge is 0.276 e. The average Bonchev–Trinajstić information content (AvgIpc) is 2.33. The van der Waals surface area contributed by atoms with Gasteiger partial charge in [0.15, 0.2) is 5.82 Å². The van der Waals surface area contributed by atoms with Crippen molar-refractivity contribution < 1.29 is 0 Å². The number of nitrogens with zero attached hydrogens (tertiary/aromatic N) is 2. The van der Waals surface area contributed by atoms with Crippen molar-refractivity contribution >= 4 is 11.5 Å². The van der Waals surface area contributed by atoms with Crippen molar-refractivity contribution in [2.45, 2.75) is 26.7 Å². The van der Waals surface area contributed by atoms with E-state index in [1.807, 2.05) is 0 Å². The first-order valence-corrected chi connectivity index (χ1v) is 6.17. The topological polar surface area (TPSA) is 75.0 Å². The standard InChI is InChI=1S/C12H20N4O/c1-8(2)9-3-5-16(6-4-9)11-10(13)12(17)15-7-14-11/h7-9H,3-6,13H2,1-2H3,(H,14,15,17). The van der Waals surface area contributed by atoms with Crippen molar-refractivity contribution in [3.63, 3.8) is 0 Å². The zero-order valence-corrected chi connectivity index (χ0v) is 10.4. The van der Waals surface area contributed by atoms with Crippen LogP contribution in [0.15, 0.2) is 11.1 Å². The molecule has 1 fully saturated rings. The summed E-state index contributed by atoms with van der Waals surface area (Å²) in [5, 5.41) is 0. The lowest BCUT2D eigenvalue weighted by Crippen LogP contribution is -2.37. The molecule has 3 N–H and O–H groups in total. The summed E-state index contributed by atoms with van der Waals surface area (Å²) >= 11 is 0. The van der Waals surface area contributed by atoms with E-state index in [2.05, 4.69) is 28.7 Å². The number of nitrogens with one attached hydrogen (secondary N) is 1. The van der Waals surface area contributed by atoms with Gasteiger partial charge in [-0.25, -0.2) is 4.98 Å². The lowest BCUT2D eigenvalue weighted by Gasteiger charge is -2.34. The maximum Gasteiger partial charge on any atom is 0.276 e. The van der Waals surface area contributed by atoms with E-state index in [-0.39, 0.29) is 11.2 Å². The molecule has 2 heterocycles. The first kappa shape index (κ1) is 12.0. The van der Waals surface area contributed by atoms with E-state index in [0.717, 1.165) is 37.8 Å². The minimum atomic E-state index is -0.249. The fourth-order valence-electron chi connectivity index (χ4n) is 2.43. The van der Waals surface area contributed by atoms with E-state index < -0.39 is 0 Å². The first-order valence-electron chi connectivity index (χ1n) is 6.17. The Morgan fingerprint density at radius 3 is 2.71 bits per heavy atom. The number of H-pyrrole nitrogens is 1. The maximum atomic E-state index is 11.4. The van der Waals surface area contributed by atoms with Crippen LogP contribution in [0.3, 0.4) is 0 Å². The van der Waals surface area contributed by atoms with Crippen LogP contribution < -0.4 is 16.2 Å². The van der Waals surface area contributed by atoms with Gasteiger partial charge < -0.3 is 15.6 Å². The van der Waals surface area contributed by atoms with E-state index in [4.69, 9.17) is 5.73 Å². The van der Waals surface area contributed by atoms with E-state index in [1.54, 1.807) is 0 Å². The summed E-state index contributed by atoms with van der Waals surface area (Å²) in [6.45, 7) is 6.40. The zero-order chi connectivity index (χ0) is 12.4. The Bertz CT molecular complexity index is 432. The molecule has 0 spiro atoms. The fourth-order valence-corrected chi connectivity index (χ4v) is 2.43. The molecule has 1 aliphatic rings. The molecule has 0 amide bonds. The van der Waals surface area contributed by atoms with E-state index >= 15 is 0 Å². The number of piperidine rings is 1. The highest BCUT2D eigenvalue weighted by molar-refractivity contribution is 5.60. The second kappa shape index (κ2) is 4.77. The van der Waals surface area contributed by atoms with Gasteiger partial charge in [0.25, 0.3) is 5.56 Å². The minimum absolute atomic E-state index is 0.232. The summed E-state index contributed by atoms with van der Waals surface area (Å²) in [6.07, 6.45) is 3.71. The van der Waals surface area contributed by atoms with Gasteiger partial charge in [0.2, 0.25) is 0 Å². The predicted octanol–water partition coefficient (Wildman–Crippen LogP) is 1.22. The largest absolute Gasteiger partial charge is 0.391 e. The van der Waals surface area contributed by atoms with E-state index in [9.17, 15) is 4.79 Å². The Kier molecular flexibility index (Phi) is 3.36. The number of aromatic nitrogens is 2. The third-order valence-electron chi connectivity index (χ3n) is 3.65. The summed E-state index contributed by atoms with van der Waals surface area (Å²) in [5.74, 6) is 2.13. The molecule has 1 aromatic heterocycles. The Labute approximate surface area is 101 Å². The van der Waals surface area contributed by atoms with Crippen LogP contribution in [0, 0.1) is 11.8 Å². The molecule has 1 saturated heterocycles. The Morgan fingerprint density at radius 2 is 2.12 bits per heavy atom. The van der Waals surface area contributed by atoms with E-state index in [0.29, 0.717) is 5.82 Å². The van der Waals surface area contributed by atoms with Gasteiger partial charge in [-0.3, -0.25) is 4.79 Å². The van der Waals surface area contributed by atoms with E-state index in [1.165, 1.54) is 6.33 Å². The molecule has 5 heteroatoms. The van der Waals surface area contributed by atoms with Gasteiger partial charge in [-0.2, -0.15) is 0 Å². The number of hydrogen-bond acceptors (Lipinski definition) is 4. The van der Waals surface area contributed by atoms with Crippen molar-refractivity contribution in [2.24, 2.45) is 11.8 Å². The normalized spacial score (nSPS) is 17.7. The molecule has 2 rings (SSSR count). The summed E-state index contributed by atoms with van der Waals surface area (Å²) in [7, 11) is 0. The van der Waals surface area contributed by atoms with Crippen molar-refractivity contribution in [2.75, 3.05) is 23.7 Å². The van der Waals surface area contributed by atoms with Gasteiger partial charge in [0.1, 0.15) is 5.69 Å². The number of nitrogen functional groups attached to an aromatic ring is 1. The molecular formula is C12H20N4O. The molecular weight excluding hydrogens is 216 g/mol. The molecule has 1 aromatic rings. The molecule has 0 aromatic carbocycles. The molecule has 0 radical (unpaired) electrons. The van der Waals surface area contributed by atoms with Crippen LogP contribution in [0.5, 0.6) is 0 Å². The van der Waals surface area contributed by atoms with Crippen LogP contribution in [0.25, 0.3) is 0 Å². The molecule has 17 heavy (non-hydrogen) atoms. The Morgan fingerprint density at radius 1 is 1.47 bits per heavy atom. The summed E-state index contributed by atoms with van der Waals surface area (Å²) in [5.41, 5.74) is 5.74. The second-order valence-electron chi connectivity index (χ2n) is 5.04. The number of nitrogens with two attached hydrogens (primary N) is 1. The van der Waals surface area contributed by atoms with Gasteiger partial charge in [-0.1, -0.05) is 13.8 Å². The Hall–Kier alpha value is -1.52. The van der Waals surface area contributed by atoms with Gasteiger partial charge in [-0.05, 0) is 24.7 Å². The molecule has 5 nitrogen and oxygen atoms in total. The van der Waals surface area contributed by atoms with Gasteiger partial charge >= 0.3 is 0 Å². The molecule has 0 aliphatic carbocycles. The monoisotopic (exact) mass is 236 g/mol. The number of anilines is 2. The van der Waals surface area contributed by atoms with Crippen LogP contribution in [0.1, 0.15) is 26.7 Å². The highest BCUT2D eigenvalue weighted by Gasteiger charge is 2.23. The lowest BCUT2D eigenvalue weighted by atomic mass is 9.87. The van der Waals surface area contributed by atoms with Crippen LogP contribution in [-0.4, -0.2) is 23.1 Å². The summed E-state index contributed by atoms with van der Waals surface area (Å²) in [6, 6.07) is 0. The highest BCUT2D eigenvalue weighted by Crippen LogP contribution is 2.27. The molecule has 0 saturated carbocycles. The molecule has 0 unspecified atom stereocenters. The van der Waals surface area contributed by atoms with Crippen molar-refractivity contribution in [1.29, 1.82) is 0 Å². The average molecular weight is 236 g/mol. The second-order valence-corrected chi connectivity index (χ2v) is 5.04. The number of rotatable bonds is 2. The molecule has 0 bridgehead atoms. The van der Waals surface area contributed by atoms with Gasteiger partial charge in [0.05, 0.1) is 6.33 Å². The van der Waals surface area contributed by atoms with Crippen molar-refractivity contribution in [3.8, 4) is 0 Å². The summed E-state index contributed by atoms with van der Waals surface area (Å²) < 4.78 is 0. The highest BCUT2D eigenvalue weighted by atomic mass is 16.1. The van der Waals surface area contributed by atoms with Crippen LogP contribution in [0.2, 0.25) is 0 Å². The minimum Gasteiger partial charge on any atom is -0.391 e. The predicted molar refractivity (Wildman–Crippen MR) is 69.0 cm³/mol. The SMILES string of the molecule is CC(C)C1CCN(c2nc[nH]c(=O)c2N)CC1. The van der Waals surface area contributed by atoms with Gasteiger partial charge in [-0.15, -0.1) is 0 Å². The molecule has 1 aliphatic heterocycles. The van der Waals surface area contributed by atoms with Gasteiger partial charge in [0, 0.05) is 13.1 Å². The van der Waals surface area contributed by atoms with Crippen molar-refractivity contribution in [1.82, 2.24) is 9.97 Å². The lowest BCUT2D eigenvalue weighted by molar-refractivity contribution is 0.311. The Balaban J connectivity index is 2.11. The first-order chi connectivity index (χ1) is 8.09. The van der Waals surface area contributed by atoms with Crippen LogP contribution >= 0.6 is 0 Å². The third-order valence-corrected chi connectivity index (χ3v) is 3.65. The zero-order valence-electron chi connectivity index (χ0n) is 10.4. The van der Waals surface area contributed by atoms with Crippen LogP contribution in [0.4, 0.5) is 11.5 Å². The third kappa shape index (κ3) is 2.43.